The number of carbonyl (C=O) groups is 1. The van der Waals surface area contributed by atoms with Crippen LogP contribution < -0.4 is 0 Å². The smallest absolute Gasteiger partial charge is 0.160 e. The van der Waals surface area contributed by atoms with E-state index in [0.717, 1.165) is 24.8 Å². The van der Waals surface area contributed by atoms with Crippen LogP contribution in [0.15, 0.2) is 34.7 Å². The van der Waals surface area contributed by atoms with Gasteiger partial charge in [0.1, 0.15) is 0 Å². The van der Waals surface area contributed by atoms with Crippen molar-refractivity contribution in [3.05, 3.63) is 35.4 Å². The normalized spacial score (nSPS) is 24.1. The Labute approximate surface area is 99.9 Å². The molecule has 0 spiro atoms. The Hall–Kier alpha value is -1.02. The largest absolute Gasteiger partial charge is 0.295 e. The van der Waals surface area contributed by atoms with E-state index in [1.165, 1.54) is 16.9 Å². The number of benzene rings is 1. The average Bonchev–Trinajstić information content (AvgIpc) is 2.49. The summed E-state index contributed by atoms with van der Waals surface area (Å²) in [7, 11) is 0. The first-order chi connectivity index (χ1) is 7.84. The van der Waals surface area contributed by atoms with Crippen LogP contribution >= 0.6 is 11.8 Å². The Morgan fingerprint density at radius 3 is 3.00 bits per heavy atom. The lowest BCUT2D eigenvalue weighted by Gasteiger charge is -2.22. The number of carbonyl (C=O) groups excluding carboxylic acids is 1. The van der Waals surface area contributed by atoms with E-state index in [1.54, 1.807) is 0 Å². The van der Waals surface area contributed by atoms with Gasteiger partial charge in [-0.15, -0.1) is 11.8 Å². The molecule has 1 atom stereocenters. The quantitative estimate of drug-likeness (QED) is 0.676. The van der Waals surface area contributed by atoms with E-state index in [4.69, 9.17) is 0 Å². The zero-order valence-electron chi connectivity index (χ0n) is 9.11. The molecular formula is C14H14OS. The molecule has 2 heteroatoms. The third-order valence-corrected chi connectivity index (χ3v) is 4.69. The summed E-state index contributed by atoms with van der Waals surface area (Å²) in [5.74, 6) is 0.365. The summed E-state index contributed by atoms with van der Waals surface area (Å²) < 4.78 is 0. The second-order valence-electron chi connectivity index (χ2n) is 4.41. The molecule has 0 N–H and O–H groups in total. The number of fused-ring (bicyclic) bond motifs is 2. The standard InChI is InChI=1S/C14H14OS/c15-12-6-2-4-8-14-11(12)9-10-5-1-3-7-13(10)16-14/h1,3,5,7,9,14H,2,4,6,8H2/t14-/m1/s1. The van der Waals surface area contributed by atoms with Crippen molar-refractivity contribution >= 4 is 23.6 Å². The molecule has 2 aliphatic rings. The van der Waals surface area contributed by atoms with Gasteiger partial charge in [0.25, 0.3) is 0 Å². The van der Waals surface area contributed by atoms with E-state index in [0.29, 0.717) is 11.0 Å². The maximum Gasteiger partial charge on any atom is 0.160 e. The van der Waals surface area contributed by atoms with Gasteiger partial charge in [0, 0.05) is 22.1 Å². The van der Waals surface area contributed by atoms with Gasteiger partial charge < -0.3 is 0 Å². The molecule has 0 radical (unpaired) electrons. The molecule has 16 heavy (non-hydrogen) atoms. The molecule has 1 aromatic carbocycles. The highest BCUT2D eigenvalue weighted by Gasteiger charge is 2.28. The molecule has 1 fully saturated rings. The minimum Gasteiger partial charge on any atom is -0.295 e. The molecule has 1 aliphatic heterocycles. The molecule has 1 saturated carbocycles. The van der Waals surface area contributed by atoms with E-state index >= 15 is 0 Å². The summed E-state index contributed by atoms with van der Waals surface area (Å²) in [5, 5.41) is 0.407. The van der Waals surface area contributed by atoms with Crippen LogP contribution in [0.1, 0.15) is 31.2 Å². The summed E-state index contributed by atoms with van der Waals surface area (Å²) in [4.78, 5) is 13.3. The van der Waals surface area contributed by atoms with Gasteiger partial charge in [-0.2, -0.15) is 0 Å². The number of hydrogen-bond acceptors (Lipinski definition) is 2. The van der Waals surface area contributed by atoms with Crippen LogP contribution in [0.25, 0.3) is 6.08 Å². The van der Waals surface area contributed by atoms with Crippen molar-refractivity contribution in [3.8, 4) is 0 Å². The van der Waals surface area contributed by atoms with E-state index in [9.17, 15) is 4.79 Å². The number of thioether (sulfide) groups is 1. The molecule has 82 valence electrons. The van der Waals surface area contributed by atoms with E-state index in [2.05, 4.69) is 24.3 Å². The Morgan fingerprint density at radius 2 is 2.06 bits per heavy atom. The third-order valence-electron chi connectivity index (χ3n) is 3.29. The highest BCUT2D eigenvalue weighted by atomic mass is 32.2. The fourth-order valence-corrected chi connectivity index (χ4v) is 3.76. The fourth-order valence-electron chi connectivity index (χ4n) is 2.42. The van der Waals surface area contributed by atoms with Gasteiger partial charge in [-0.3, -0.25) is 4.79 Å². The van der Waals surface area contributed by atoms with Crippen molar-refractivity contribution in [1.82, 2.24) is 0 Å². The van der Waals surface area contributed by atoms with Gasteiger partial charge >= 0.3 is 0 Å². The minimum absolute atomic E-state index is 0.365. The van der Waals surface area contributed by atoms with Crippen LogP contribution in [0.4, 0.5) is 0 Å². The van der Waals surface area contributed by atoms with Gasteiger partial charge in [-0.25, -0.2) is 0 Å². The predicted molar refractivity (Wildman–Crippen MR) is 67.5 cm³/mol. The van der Waals surface area contributed by atoms with Crippen molar-refractivity contribution in [2.24, 2.45) is 0 Å². The van der Waals surface area contributed by atoms with Crippen LogP contribution in [0.3, 0.4) is 0 Å². The van der Waals surface area contributed by atoms with E-state index in [-0.39, 0.29) is 0 Å². The SMILES string of the molecule is O=C1CCCC[C@H]2Sc3ccccc3C=C12. The first kappa shape index (κ1) is 10.2. The lowest BCUT2D eigenvalue weighted by Crippen LogP contribution is -2.15. The Balaban J connectivity index is 2.06. The molecule has 1 aliphatic carbocycles. The van der Waals surface area contributed by atoms with Gasteiger partial charge in [0.2, 0.25) is 0 Å². The number of ketones is 1. The molecule has 0 unspecified atom stereocenters. The Kier molecular flexibility index (Phi) is 2.60. The van der Waals surface area contributed by atoms with Crippen molar-refractivity contribution in [2.75, 3.05) is 0 Å². The lowest BCUT2D eigenvalue weighted by molar-refractivity contribution is -0.115. The molecule has 0 saturated heterocycles. The maximum atomic E-state index is 12.0. The zero-order chi connectivity index (χ0) is 11.0. The van der Waals surface area contributed by atoms with E-state index in [1.807, 2.05) is 17.8 Å². The van der Waals surface area contributed by atoms with Crippen LogP contribution in [-0.2, 0) is 4.79 Å². The topological polar surface area (TPSA) is 17.1 Å². The second-order valence-corrected chi connectivity index (χ2v) is 5.66. The summed E-state index contributed by atoms with van der Waals surface area (Å²) >= 11 is 1.87. The summed E-state index contributed by atoms with van der Waals surface area (Å²) in [5.41, 5.74) is 2.27. The van der Waals surface area contributed by atoms with Gasteiger partial charge in [0.15, 0.2) is 5.78 Å². The highest BCUT2D eigenvalue weighted by Crippen LogP contribution is 2.41. The van der Waals surface area contributed by atoms with Gasteiger partial charge in [-0.05, 0) is 30.5 Å². The third kappa shape index (κ3) is 1.71. The summed E-state index contributed by atoms with van der Waals surface area (Å²) in [6.07, 6.45) is 6.25. The molecule has 3 rings (SSSR count). The van der Waals surface area contributed by atoms with Crippen molar-refractivity contribution in [3.63, 3.8) is 0 Å². The van der Waals surface area contributed by atoms with Crippen LogP contribution in [-0.4, -0.2) is 11.0 Å². The van der Waals surface area contributed by atoms with Crippen LogP contribution in [0.5, 0.6) is 0 Å². The van der Waals surface area contributed by atoms with E-state index < -0.39 is 0 Å². The number of Topliss-reactive ketones (excluding diaryl/α,β-unsaturated/α-hetero) is 1. The minimum atomic E-state index is 0.365. The van der Waals surface area contributed by atoms with Crippen LogP contribution in [0.2, 0.25) is 0 Å². The Bertz CT molecular complexity index is 462. The van der Waals surface area contributed by atoms with Gasteiger partial charge in [-0.1, -0.05) is 24.6 Å². The highest BCUT2D eigenvalue weighted by molar-refractivity contribution is 8.00. The lowest BCUT2D eigenvalue weighted by atomic mass is 10.0. The predicted octanol–water partition coefficient (Wildman–Crippen LogP) is 3.69. The van der Waals surface area contributed by atoms with Crippen molar-refractivity contribution in [1.29, 1.82) is 0 Å². The molecule has 1 aromatic rings. The Morgan fingerprint density at radius 1 is 1.19 bits per heavy atom. The molecule has 0 aromatic heterocycles. The zero-order valence-corrected chi connectivity index (χ0v) is 9.93. The van der Waals surface area contributed by atoms with Gasteiger partial charge in [0.05, 0.1) is 0 Å². The fraction of sp³-hybridized carbons (Fsp3) is 0.357. The van der Waals surface area contributed by atoms with Crippen molar-refractivity contribution in [2.45, 2.75) is 35.8 Å². The maximum absolute atomic E-state index is 12.0. The van der Waals surface area contributed by atoms with Crippen molar-refractivity contribution < 1.29 is 4.79 Å². The molecular weight excluding hydrogens is 216 g/mol. The molecule has 1 heterocycles. The average molecular weight is 230 g/mol. The number of rotatable bonds is 0. The first-order valence-electron chi connectivity index (χ1n) is 5.85. The summed E-state index contributed by atoms with van der Waals surface area (Å²) in [6, 6.07) is 8.37. The molecule has 0 bridgehead atoms. The number of hydrogen-bond donors (Lipinski definition) is 0. The molecule has 1 nitrogen and oxygen atoms in total. The first-order valence-corrected chi connectivity index (χ1v) is 6.73. The van der Waals surface area contributed by atoms with Crippen LogP contribution in [0, 0.1) is 0 Å². The molecule has 0 amide bonds. The monoisotopic (exact) mass is 230 g/mol. The second kappa shape index (κ2) is 4.10. The summed E-state index contributed by atoms with van der Waals surface area (Å²) in [6.45, 7) is 0.